The van der Waals surface area contributed by atoms with Crippen molar-refractivity contribution in [2.45, 2.75) is 25.5 Å². The number of benzene rings is 2. The summed E-state index contributed by atoms with van der Waals surface area (Å²) in [6.07, 6.45) is 5.97. The Labute approximate surface area is 216 Å². The largest absolute Gasteiger partial charge is 0.494 e. The second-order valence-electron chi connectivity index (χ2n) is 9.76. The van der Waals surface area contributed by atoms with E-state index >= 15 is 0 Å². The standard InChI is InChI=1S/C29H32FN2O3S/c1-34-27-10-9-25(18-26(27)30)31(19-23-13-17-36-21-23)29(33)35-28-20-32(15-11-24(28)12-16-32)14-5-8-22-6-3-2-4-7-22/h2-10,13,17-18,21,24,28H,11-12,14-16,19-20H2,1H3/q+1/b8-5+/t24?,28-,32?/m0/s1. The first-order valence-corrected chi connectivity index (χ1v) is 13.4. The number of hydrogen-bond acceptors (Lipinski definition) is 4. The number of ether oxygens (including phenoxy) is 2. The number of carbonyl (C=O) groups excluding carboxylic acids is 1. The third kappa shape index (κ3) is 5.47. The number of quaternary nitrogens is 1. The van der Waals surface area contributed by atoms with Gasteiger partial charge in [-0.05, 0) is 46.2 Å². The van der Waals surface area contributed by atoms with E-state index in [2.05, 4.69) is 24.3 Å². The lowest BCUT2D eigenvalue weighted by Crippen LogP contribution is -2.64. The van der Waals surface area contributed by atoms with E-state index < -0.39 is 11.9 Å². The van der Waals surface area contributed by atoms with Crippen molar-refractivity contribution in [1.29, 1.82) is 0 Å². The molecular formula is C29H32FN2O3S+. The Morgan fingerprint density at radius 1 is 1.17 bits per heavy atom. The highest BCUT2D eigenvalue weighted by Crippen LogP contribution is 2.36. The molecular weight excluding hydrogens is 475 g/mol. The van der Waals surface area contributed by atoms with E-state index in [9.17, 15) is 9.18 Å². The van der Waals surface area contributed by atoms with Gasteiger partial charge < -0.3 is 14.0 Å². The monoisotopic (exact) mass is 507 g/mol. The number of carbonyl (C=O) groups is 1. The summed E-state index contributed by atoms with van der Waals surface area (Å²) in [4.78, 5) is 15.0. The Balaban J connectivity index is 1.30. The van der Waals surface area contributed by atoms with E-state index in [1.165, 1.54) is 23.6 Å². The number of hydrogen-bond donors (Lipinski definition) is 0. The number of piperidine rings is 3. The predicted molar refractivity (Wildman–Crippen MR) is 142 cm³/mol. The van der Waals surface area contributed by atoms with Gasteiger partial charge in [0.15, 0.2) is 17.7 Å². The molecule has 36 heavy (non-hydrogen) atoms. The van der Waals surface area contributed by atoms with Crippen molar-refractivity contribution in [3.63, 3.8) is 0 Å². The van der Waals surface area contributed by atoms with Crippen LogP contribution in [0.15, 0.2) is 71.4 Å². The number of halogens is 1. The molecule has 188 valence electrons. The van der Waals surface area contributed by atoms with Gasteiger partial charge in [0, 0.05) is 24.8 Å². The molecule has 0 N–H and O–H groups in total. The van der Waals surface area contributed by atoms with E-state index in [1.807, 2.05) is 35.0 Å². The highest BCUT2D eigenvalue weighted by Gasteiger charge is 2.47. The van der Waals surface area contributed by atoms with E-state index in [4.69, 9.17) is 9.47 Å². The van der Waals surface area contributed by atoms with Crippen molar-refractivity contribution in [3.8, 4) is 5.75 Å². The maximum Gasteiger partial charge on any atom is 0.415 e. The maximum absolute atomic E-state index is 14.5. The minimum atomic E-state index is -0.504. The molecule has 0 unspecified atom stereocenters. The van der Waals surface area contributed by atoms with Crippen LogP contribution in [0.1, 0.15) is 24.0 Å². The molecule has 6 rings (SSSR count). The fourth-order valence-electron chi connectivity index (χ4n) is 5.43. The number of thiophene rings is 1. The van der Waals surface area contributed by atoms with Crippen LogP contribution in [-0.4, -0.2) is 50.0 Å². The molecule has 0 aliphatic carbocycles. The van der Waals surface area contributed by atoms with Crippen molar-refractivity contribution in [2.75, 3.05) is 38.2 Å². The first-order chi connectivity index (χ1) is 17.5. The van der Waals surface area contributed by atoms with Crippen molar-refractivity contribution < 1.29 is 23.1 Å². The van der Waals surface area contributed by atoms with Crippen LogP contribution in [0.25, 0.3) is 6.08 Å². The van der Waals surface area contributed by atoms with Crippen molar-refractivity contribution >= 4 is 29.2 Å². The SMILES string of the molecule is COc1ccc(N(Cc2ccsc2)C(=O)O[C@H]2C[N+]3(C/C=C/c4ccccc4)CCC2CC3)cc1F. The Morgan fingerprint density at radius 2 is 1.97 bits per heavy atom. The Hall–Kier alpha value is -3.16. The number of rotatable bonds is 8. The third-order valence-corrected chi connectivity index (χ3v) is 8.22. The van der Waals surface area contributed by atoms with Gasteiger partial charge in [-0.2, -0.15) is 11.3 Å². The number of fused-ring (bicyclic) bond motifs is 3. The van der Waals surface area contributed by atoms with Gasteiger partial charge in [-0.3, -0.25) is 4.90 Å². The zero-order valence-electron chi connectivity index (χ0n) is 20.5. The molecule has 4 heterocycles. The molecule has 0 radical (unpaired) electrons. The quantitative estimate of drug-likeness (QED) is 0.333. The molecule has 0 saturated carbocycles. The summed E-state index contributed by atoms with van der Waals surface area (Å²) < 4.78 is 26.7. The van der Waals surface area contributed by atoms with E-state index in [1.54, 1.807) is 23.5 Å². The van der Waals surface area contributed by atoms with Gasteiger partial charge in [-0.15, -0.1) is 0 Å². The van der Waals surface area contributed by atoms with E-state index in [0.29, 0.717) is 18.2 Å². The molecule has 3 aliphatic heterocycles. The fourth-order valence-corrected chi connectivity index (χ4v) is 6.09. The number of nitrogens with zero attached hydrogens (tertiary/aromatic N) is 2. The Kier molecular flexibility index (Phi) is 7.39. The smallest absolute Gasteiger partial charge is 0.415 e. The average molecular weight is 508 g/mol. The number of methoxy groups -OCH3 is 1. The van der Waals surface area contributed by atoms with Gasteiger partial charge in [0.25, 0.3) is 0 Å². The lowest BCUT2D eigenvalue weighted by Gasteiger charge is -2.51. The number of anilines is 1. The van der Waals surface area contributed by atoms with E-state index in [0.717, 1.165) is 49.1 Å². The van der Waals surface area contributed by atoms with Gasteiger partial charge >= 0.3 is 6.09 Å². The fraction of sp³-hybridized carbons (Fsp3) is 0.345. The van der Waals surface area contributed by atoms with Gasteiger partial charge in [0.1, 0.15) is 6.54 Å². The van der Waals surface area contributed by atoms with Gasteiger partial charge in [-0.1, -0.05) is 36.4 Å². The zero-order chi connectivity index (χ0) is 25.0. The first-order valence-electron chi connectivity index (χ1n) is 12.4. The van der Waals surface area contributed by atoms with Crippen LogP contribution < -0.4 is 9.64 Å². The number of amides is 1. The minimum Gasteiger partial charge on any atom is -0.494 e. The lowest BCUT2D eigenvalue weighted by molar-refractivity contribution is -0.941. The van der Waals surface area contributed by atoms with Crippen LogP contribution in [0.4, 0.5) is 14.9 Å². The normalized spacial score (nSPS) is 23.1. The van der Waals surface area contributed by atoms with Crippen LogP contribution >= 0.6 is 11.3 Å². The molecule has 3 aliphatic rings. The summed E-state index contributed by atoms with van der Waals surface area (Å²) in [7, 11) is 1.43. The second kappa shape index (κ2) is 10.8. The summed E-state index contributed by atoms with van der Waals surface area (Å²) >= 11 is 1.57. The lowest BCUT2D eigenvalue weighted by atomic mass is 9.83. The maximum atomic E-state index is 14.5. The summed E-state index contributed by atoms with van der Waals surface area (Å²) in [6, 6.07) is 16.9. The molecule has 3 fully saturated rings. The van der Waals surface area contributed by atoms with Crippen LogP contribution in [-0.2, 0) is 11.3 Å². The highest BCUT2D eigenvalue weighted by atomic mass is 32.1. The third-order valence-electron chi connectivity index (χ3n) is 7.48. The second-order valence-corrected chi connectivity index (χ2v) is 10.5. The molecule has 2 aromatic carbocycles. The molecule has 3 saturated heterocycles. The first kappa shape index (κ1) is 24.5. The predicted octanol–water partition coefficient (Wildman–Crippen LogP) is 6.36. The van der Waals surface area contributed by atoms with Gasteiger partial charge in [0.05, 0.1) is 39.0 Å². The molecule has 1 aromatic heterocycles. The summed E-state index contributed by atoms with van der Waals surface area (Å²) in [5.41, 5.74) is 2.64. The summed E-state index contributed by atoms with van der Waals surface area (Å²) in [5.74, 6) is 0.0216. The summed E-state index contributed by atoms with van der Waals surface area (Å²) in [5, 5.41) is 3.96. The molecule has 0 spiro atoms. The zero-order valence-corrected chi connectivity index (χ0v) is 21.3. The topological polar surface area (TPSA) is 38.8 Å². The van der Waals surface area contributed by atoms with Gasteiger partial charge in [0.2, 0.25) is 0 Å². The molecule has 5 nitrogen and oxygen atoms in total. The molecule has 1 amide bonds. The van der Waals surface area contributed by atoms with Gasteiger partial charge in [-0.25, -0.2) is 9.18 Å². The van der Waals surface area contributed by atoms with Crippen molar-refractivity contribution in [1.82, 2.24) is 0 Å². The molecule has 3 aromatic rings. The Morgan fingerprint density at radius 3 is 2.67 bits per heavy atom. The molecule has 2 bridgehead atoms. The van der Waals surface area contributed by atoms with Crippen LogP contribution in [0.2, 0.25) is 0 Å². The van der Waals surface area contributed by atoms with Crippen molar-refractivity contribution in [2.24, 2.45) is 5.92 Å². The van der Waals surface area contributed by atoms with Crippen LogP contribution in [0, 0.1) is 11.7 Å². The molecule has 1 atom stereocenters. The highest BCUT2D eigenvalue weighted by molar-refractivity contribution is 7.07. The van der Waals surface area contributed by atoms with Crippen LogP contribution in [0.5, 0.6) is 5.75 Å². The van der Waals surface area contributed by atoms with Crippen molar-refractivity contribution in [3.05, 3.63) is 88.4 Å². The molecule has 7 heteroatoms. The average Bonchev–Trinajstić information content (AvgIpc) is 3.42. The summed E-state index contributed by atoms with van der Waals surface area (Å²) in [6.45, 7) is 4.29. The van der Waals surface area contributed by atoms with Crippen LogP contribution in [0.3, 0.4) is 0 Å². The minimum absolute atomic E-state index is 0.141. The Bertz CT molecular complexity index is 1190. The van der Waals surface area contributed by atoms with E-state index in [-0.39, 0.29) is 11.9 Å².